The van der Waals surface area contributed by atoms with Gasteiger partial charge in [-0.05, 0) is 120 Å². The van der Waals surface area contributed by atoms with Crippen LogP contribution in [0.3, 0.4) is 0 Å². The second-order valence-corrected chi connectivity index (χ2v) is 15.1. The molecule has 2 aliphatic rings. The fourth-order valence-corrected chi connectivity index (χ4v) is 8.52. The molecule has 33 heavy (non-hydrogen) atoms. The second-order valence-electron chi connectivity index (χ2n) is 7.02. The lowest BCUT2D eigenvalue weighted by Crippen LogP contribution is -2.46. The molecular weight excluding hydrogens is 874 g/mol. The predicted molar refractivity (Wildman–Crippen MR) is 142 cm³/mol. The van der Waals surface area contributed by atoms with E-state index < -0.39 is 21.1 Å². The van der Waals surface area contributed by atoms with E-state index >= 15 is 0 Å². The van der Waals surface area contributed by atoms with Crippen molar-refractivity contribution in [2.45, 2.75) is 0 Å². The molecule has 0 atom stereocenters. The number of benzene rings is 2. The summed E-state index contributed by atoms with van der Waals surface area (Å²) in [6, 6.07) is 6.69. The lowest BCUT2D eigenvalue weighted by molar-refractivity contribution is -0.0854. The minimum absolute atomic E-state index is 0.0485. The Hall–Kier alpha value is 1.22. The van der Waals surface area contributed by atoms with Crippen LogP contribution in [0.1, 0.15) is 0 Å². The summed E-state index contributed by atoms with van der Waals surface area (Å²) >= 11 is 20.3. The Labute approximate surface area is 239 Å². The monoisotopic (exact) mass is 880 g/mol. The number of phosphoric acid groups is 2. The van der Waals surface area contributed by atoms with Gasteiger partial charge in [-0.3, -0.25) is 18.1 Å². The molecule has 2 fully saturated rings. The Morgan fingerprint density at radius 3 is 1.27 bits per heavy atom. The first-order valence-electron chi connectivity index (χ1n) is 8.89. The molecule has 0 bridgehead atoms. The third-order valence-electron chi connectivity index (χ3n) is 4.54. The molecule has 0 aliphatic carbocycles. The van der Waals surface area contributed by atoms with Crippen LogP contribution in [0.2, 0.25) is 0 Å². The van der Waals surface area contributed by atoms with E-state index in [2.05, 4.69) is 95.6 Å². The minimum Gasteiger partial charge on any atom is -0.403 e. The highest BCUT2D eigenvalue weighted by atomic mass is 79.9. The molecule has 2 aliphatic heterocycles. The summed E-state index contributed by atoms with van der Waals surface area (Å²) in [6.45, 7) is -0.194. The van der Waals surface area contributed by atoms with Crippen LogP contribution in [-0.4, -0.2) is 26.4 Å². The Morgan fingerprint density at radius 2 is 0.939 bits per heavy atom. The summed E-state index contributed by atoms with van der Waals surface area (Å²) in [5.74, 6) is 0.564. The van der Waals surface area contributed by atoms with Gasteiger partial charge < -0.3 is 9.05 Å². The van der Waals surface area contributed by atoms with Crippen molar-refractivity contribution in [3.05, 3.63) is 51.1 Å². The van der Waals surface area contributed by atoms with Gasteiger partial charge in [0.25, 0.3) is 0 Å². The van der Waals surface area contributed by atoms with Crippen molar-refractivity contribution in [1.29, 1.82) is 0 Å². The number of phosphoric ester groups is 2. The van der Waals surface area contributed by atoms with Crippen LogP contribution in [-0.2, 0) is 27.2 Å². The third-order valence-corrected chi connectivity index (χ3v) is 13.8. The largest absolute Gasteiger partial charge is 0.530 e. The summed E-state index contributed by atoms with van der Waals surface area (Å²) in [6.07, 6.45) is 0. The Balaban J connectivity index is 1.39. The fraction of sp³-hybridized carbons (Fsp3) is 0.294. The SMILES string of the molecule is O=P1(Oc2ccc(Br)c(Br)c2Br)OCC2(CO1)COP(=O)(Oc1ccc(Br)c(Br)c1Br)OC2. The summed E-state index contributed by atoms with van der Waals surface area (Å²) in [7, 11) is -7.77. The maximum atomic E-state index is 13.0. The van der Waals surface area contributed by atoms with Gasteiger partial charge in [-0.25, -0.2) is 9.13 Å². The molecule has 180 valence electrons. The highest BCUT2D eigenvalue weighted by Gasteiger charge is 2.51. The van der Waals surface area contributed by atoms with E-state index in [0.717, 1.165) is 8.95 Å². The number of hydrogen-bond donors (Lipinski definition) is 0. The summed E-state index contributed by atoms with van der Waals surface area (Å²) in [5, 5.41) is 0. The van der Waals surface area contributed by atoms with Gasteiger partial charge in [0.2, 0.25) is 0 Å². The van der Waals surface area contributed by atoms with Crippen LogP contribution < -0.4 is 9.05 Å². The summed E-state index contributed by atoms with van der Waals surface area (Å²) in [4.78, 5) is 0. The van der Waals surface area contributed by atoms with Gasteiger partial charge in [0.15, 0.2) is 0 Å². The lowest BCUT2D eigenvalue weighted by atomic mass is 9.93. The lowest BCUT2D eigenvalue weighted by Gasteiger charge is -2.41. The first kappa shape index (κ1) is 27.3. The molecular formula is C17H12Br6O8P2. The molecule has 2 saturated heterocycles. The highest BCUT2D eigenvalue weighted by Crippen LogP contribution is 2.61. The van der Waals surface area contributed by atoms with E-state index in [1.807, 2.05) is 0 Å². The van der Waals surface area contributed by atoms with Crippen LogP contribution in [0.4, 0.5) is 0 Å². The quantitative estimate of drug-likeness (QED) is 0.222. The molecule has 0 aromatic heterocycles. The molecule has 0 saturated carbocycles. The predicted octanol–water partition coefficient (Wildman–Crippen LogP) is 9.02. The molecule has 4 rings (SSSR count). The van der Waals surface area contributed by atoms with Crippen molar-refractivity contribution in [3.8, 4) is 11.5 Å². The summed E-state index contributed by atoms with van der Waals surface area (Å²) in [5.41, 5.74) is -0.816. The van der Waals surface area contributed by atoms with Crippen LogP contribution >= 0.6 is 111 Å². The molecule has 0 amide bonds. The van der Waals surface area contributed by atoms with Gasteiger partial charge in [0.05, 0.1) is 40.8 Å². The van der Waals surface area contributed by atoms with Crippen molar-refractivity contribution in [2.75, 3.05) is 26.4 Å². The van der Waals surface area contributed by atoms with Gasteiger partial charge in [-0.1, -0.05) is 0 Å². The van der Waals surface area contributed by atoms with E-state index in [9.17, 15) is 9.13 Å². The van der Waals surface area contributed by atoms with Crippen molar-refractivity contribution >= 4 is 111 Å². The molecule has 8 nitrogen and oxygen atoms in total. The van der Waals surface area contributed by atoms with Crippen molar-refractivity contribution in [1.82, 2.24) is 0 Å². The third kappa shape index (κ3) is 6.04. The molecule has 0 unspecified atom stereocenters. The van der Waals surface area contributed by atoms with E-state index in [1.165, 1.54) is 0 Å². The Bertz CT molecular complexity index is 1080. The smallest absolute Gasteiger partial charge is 0.403 e. The zero-order chi connectivity index (χ0) is 24.0. The van der Waals surface area contributed by atoms with Gasteiger partial charge in [-0.2, -0.15) is 0 Å². The molecule has 0 radical (unpaired) electrons. The molecule has 2 aromatic carbocycles. The van der Waals surface area contributed by atoms with Crippen molar-refractivity contribution in [2.24, 2.45) is 5.41 Å². The van der Waals surface area contributed by atoms with Gasteiger partial charge >= 0.3 is 15.6 Å². The maximum Gasteiger partial charge on any atom is 0.530 e. The molecule has 2 aromatic rings. The topological polar surface area (TPSA) is 89.5 Å². The van der Waals surface area contributed by atoms with Gasteiger partial charge in [-0.15, -0.1) is 0 Å². The van der Waals surface area contributed by atoms with Gasteiger partial charge in [0.1, 0.15) is 11.5 Å². The normalized spacial score (nSPS) is 29.8. The average molecular weight is 886 g/mol. The standard InChI is InChI=1S/C17H12Br6O8P2/c18-9-1-3-11(15(22)13(9)20)30-32(24)26-5-17(6-27-32)7-28-33(25,29-8-17)31-12-4-2-10(19)14(21)16(12)23/h1-4H,5-8H2. The Kier molecular flexibility index (Phi) is 8.70. The first-order valence-corrected chi connectivity index (χ1v) is 16.6. The Morgan fingerprint density at radius 1 is 0.606 bits per heavy atom. The fourth-order valence-electron chi connectivity index (χ4n) is 2.69. The number of rotatable bonds is 4. The molecule has 0 N–H and O–H groups in total. The highest BCUT2D eigenvalue weighted by molar-refractivity contribution is 9.15. The molecule has 16 heteroatoms. The van der Waals surface area contributed by atoms with E-state index in [1.54, 1.807) is 24.3 Å². The van der Waals surface area contributed by atoms with Crippen molar-refractivity contribution in [3.63, 3.8) is 0 Å². The zero-order valence-corrected chi connectivity index (χ0v) is 27.4. The second kappa shape index (κ2) is 10.5. The number of halogens is 6. The van der Waals surface area contributed by atoms with E-state index in [0.29, 0.717) is 17.9 Å². The maximum absolute atomic E-state index is 13.0. The zero-order valence-electron chi connectivity index (χ0n) is 16.1. The van der Waals surface area contributed by atoms with Crippen LogP contribution in [0.25, 0.3) is 0 Å². The minimum atomic E-state index is -3.89. The van der Waals surface area contributed by atoms with Gasteiger partial charge in [0, 0.05) is 17.9 Å². The van der Waals surface area contributed by atoms with Crippen LogP contribution in [0.5, 0.6) is 11.5 Å². The van der Waals surface area contributed by atoms with Crippen molar-refractivity contribution < 1.29 is 36.3 Å². The summed E-state index contributed by atoms with van der Waals surface area (Å²) < 4.78 is 62.9. The molecule has 1 spiro atoms. The van der Waals surface area contributed by atoms with Crippen LogP contribution in [0, 0.1) is 5.41 Å². The van der Waals surface area contributed by atoms with E-state index in [4.69, 9.17) is 27.1 Å². The molecule has 2 heterocycles. The number of hydrogen-bond acceptors (Lipinski definition) is 8. The van der Waals surface area contributed by atoms with Crippen LogP contribution in [0.15, 0.2) is 51.1 Å². The average Bonchev–Trinajstić information content (AvgIpc) is 2.79. The van der Waals surface area contributed by atoms with E-state index in [-0.39, 0.29) is 37.9 Å². The first-order chi connectivity index (χ1) is 15.4.